The van der Waals surface area contributed by atoms with Gasteiger partial charge in [-0.2, -0.15) is 0 Å². The lowest BCUT2D eigenvalue weighted by molar-refractivity contribution is -0.410. The number of fused-ring (bicyclic) bond motifs is 4. The van der Waals surface area contributed by atoms with E-state index in [9.17, 15) is 0 Å². The Balaban J connectivity index is 1.86. The van der Waals surface area contributed by atoms with Gasteiger partial charge >= 0.3 is 0 Å². The smallest absolute Gasteiger partial charge is 0.169 e. The predicted octanol–water partition coefficient (Wildman–Crippen LogP) is 3.99. The van der Waals surface area contributed by atoms with Gasteiger partial charge in [-0.1, -0.05) is 24.3 Å². The Hall–Kier alpha value is -1.86. The fraction of sp³-hybridized carbons (Fsp3) is 0.250. The van der Waals surface area contributed by atoms with Crippen molar-refractivity contribution in [3.05, 3.63) is 62.9 Å². The van der Waals surface area contributed by atoms with Gasteiger partial charge in [0.2, 0.25) is 0 Å². The summed E-state index contributed by atoms with van der Waals surface area (Å²) in [6, 6.07) is 14.7. The zero-order chi connectivity index (χ0) is 17.6. The number of aliphatic imine (C=N–C) groups is 1. The molecule has 5 heteroatoms. The van der Waals surface area contributed by atoms with Crippen molar-refractivity contribution in [3.8, 4) is 5.75 Å². The van der Waals surface area contributed by atoms with Gasteiger partial charge in [0.1, 0.15) is 17.4 Å². The largest absolute Gasteiger partial charge is 0.452 e. The molecule has 4 rings (SSSR count). The summed E-state index contributed by atoms with van der Waals surface area (Å²) in [5, 5.41) is 0. The molecule has 2 aliphatic rings. The molecule has 0 fully saturated rings. The lowest BCUT2D eigenvalue weighted by Crippen LogP contribution is -2.55. The number of benzene rings is 2. The highest BCUT2D eigenvalue weighted by molar-refractivity contribution is 14.1. The molecule has 0 amide bonds. The number of rotatable bonds is 3. The van der Waals surface area contributed by atoms with E-state index in [0.717, 1.165) is 45.1 Å². The zero-order valence-corrected chi connectivity index (χ0v) is 16.6. The monoisotopic (exact) mass is 446 g/mol. The topological polar surface area (TPSA) is 52.5 Å². The summed E-state index contributed by atoms with van der Waals surface area (Å²) >= 11 is 2.35. The van der Waals surface area contributed by atoms with Gasteiger partial charge < -0.3 is 15.4 Å². The molecule has 0 spiro atoms. The molecule has 0 saturated heterocycles. The first-order valence-electron chi connectivity index (χ1n) is 8.62. The van der Waals surface area contributed by atoms with Crippen LogP contribution in [0.15, 0.2) is 56.8 Å². The third kappa shape index (κ3) is 2.66. The average Bonchev–Trinajstić information content (AvgIpc) is 2.66. The molecule has 0 bridgehead atoms. The minimum Gasteiger partial charge on any atom is -0.452 e. The van der Waals surface area contributed by atoms with Crippen LogP contribution in [0.2, 0.25) is 0 Å². The minimum absolute atomic E-state index is 0.0817. The summed E-state index contributed by atoms with van der Waals surface area (Å²) in [6.07, 6.45) is 0. The van der Waals surface area contributed by atoms with Crippen molar-refractivity contribution >= 4 is 39.7 Å². The molecule has 1 aliphatic carbocycles. The zero-order valence-electron chi connectivity index (χ0n) is 14.4. The van der Waals surface area contributed by atoms with Crippen LogP contribution >= 0.6 is 22.6 Å². The van der Waals surface area contributed by atoms with E-state index in [-0.39, 0.29) is 6.04 Å². The number of anilines is 1. The molecular weight excluding hydrogens is 425 g/mol. The summed E-state index contributed by atoms with van der Waals surface area (Å²) in [5.74, 6) is 1.67. The molecule has 1 aliphatic heterocycles. The van der Waals surface area contributed by atoms with Gasteiger partial charge in [-0.25, -0.2) is 4.99 Å². The average molecular weight is 446 g/mol. The number of ether oxygens (including phenoxy) is 1. The number of nitrogens with zero attached hydrogens (tertiary/aromatic N) is 2. The minimum atomic E-state index is 0.0817. The second kappa shape index (κ2) is 6.46. The van der Waals surface area contributed by atoms with Gasteiger partial charge in [0.25, 0.3) is 0 Å². The van der Waals surface area contributed by atoms with Gasteiger partial charge in [0.15, 0.2) is 11.5 Å². The van der Waals surface area contributed by atoms with E-state index in [1.54, 1.807) is 0 Å². The number of halogens is 1. The van der Waals surface area contributed by atoms with Gasteiger partial charge in [0, 0.05) is 36.0 Å². The van der Waals surface area contributed by atoms with Crippen LogP contribution in [0.25, 0.3) is 0 Å². The maximum absolute atomic E-state index is 6.33. The van der Waals surface area contributed by atoms with Crippen LogP contribution in [0.1, 0.15) is 31.0 Å². The van der Waals surface area contributed by atoms with Crippen molar-refractivity contribution in [2.45, 2.75) is 19.9 Å². The standard InChI is InChI=1S/C20H20IN3O/c1-3-24(4-2)12-9-10-15-16(11-12)25-20-17(21)18(22)13-7-5-6-8-14(13)19(20)23-15/h5-11,18H,3-4,22H2,1-2H3/p+1. The Labute approximate surface area is 161 Å². The predicted molar refractivity (Wildman–Crippen MR) is 110 cm³/mol. The summed E-state index contributed by atoms with van der Waals surface area (Å²) in [6.45, 7) is 6.27. The molecule has 1 heterocycles. The molecule has 128 valence electrons. The van der Waals surface area contributed by atoms with Crippen LogP contribution in [0, 0.1) is 0 Å². The van der Waals surface area contributed by atoms with Crippen molar-refractivity contribution in [1.82, 2.24) is 0 Å². The number of hydrogen-bond acceptors (Lipinski definition) is 3. The normalized spacial score (nSPS) is 17.9. The Morgan fingerprint density at radius 1 is 1.16 bits per heavy atom. The highest BCUT2D eigenvalue weighted by atomic mass is 127. The first-order chi connectivity index (χ1) is 12.1. The fourth-order valence-electron chi connectivity index (χ4n) is 3.45. The van der Waals surface area contributed by atoms with Crippen molar-refractivity contribution in [3.63, 3.8) is 0 Å². The van der Waals surface area contributed by atoms with E-state index in [1.165, 1.54) is 11.3 Å². The Morgan fingerprint density at radius 2 is 1.92 bits per heavy atom. The second-order valence-electron chi connectivity index (χ2n) is 6.20. The van der Waals surface area contributed by atoms with Crippen LogP contribution < -0.4 is 15.4 Å². The van der Waals surface area contributed by atoms with Gasteiger partial charge in [-0.3, -0.25) is 0 Å². The third-order valence-corrected chi connectivity index (χ3v) is 6.09. The Bertz CT molecular complexity index is 900. The fourth-order valence-corrected chi connectivity index (χ4v) is 4.15. The molecule has 4 nitrogen and oxygen atoms in total. The molecular formula is C20H21IN3O+. The number of allylic oxidation sites excluding steroid dienone is 1. The lowest BCUT2D eigenvalue weighted by atomic mass is 9.90. The maximum Gasteiger partial charge on any atom is 0.169 e. The molecule has 25 heavy (non-hydrogen) atoms. The summed E-state index contributed by atoms with van der Waals surface area (Å²) < 4.78 is 7.44. The summed E-state index contributed by atoms with van der Waals surface area (Å²) in [4.78, 5) is 7.24. The molecule has 3 N–H and O–H groups in total. The van der Waals surface area contributed by atoms with E-state index in [2.05, 4.69) is 83.5 Å². The van der Waals surface area contributed by atoms with Crippen LogP contribution in [-0.4, -0.2) is 18.8 Å². The second-order valence-corrected chi connectivity index (χ2v) is 7.37. The molecule has 1 atom stereocenters. The first kappa shape index (κ1) is 16.6. The van der Waals surface area contributed by atoms with Crippen molar-refractivity contribution in [1.29, 1.82) is 0 Å². The number of quaternary nitrogens is 1. The number of hydrogen-bond donors (Lipinski definition) is 1. The van der Waals surface area contributed by atoms with Crippen LogP contribution in [0.3, 0.4) is 0 Å². The van der Waals surface area contributed by atoms with Crippen LogP contribution in [0.5, 0.6) is 5.75 Å². The Kier molecular flexibility index (Phi) is 4.29. The molecule has 0 aromatic heterocycles. The van der Waals surface area contributed by atoms with E-state index >= 15 is 0 Å². The van der Waals surface area contributed by atoms with Crippen molar-refractivity contribution < 1.29 is 10.5 Å². The molecule has 0 saturated carbocycles. The highest BCUT2D eigenvalue weighted by Crippen LogP contribution is 2.44. The van der Waals surface area contributed by atoms with E-state index in [1.807, 2.05) is 6.07 Å². The van der Waals surface area contributed by atoms with E-state index in [4.69, 9.17) is 9.73 Å². The quantitative estimate of drug-likeness (QED) is 0.726. The van der Waals surface area contributed by atoms with Gasteiger partial charge in [0.05, 0.1) is 3.58 Å². The third-order valence-electron chi connectivity index (χ3n) is 4.85. The highest BCUT2D eigenvalue weighted by Gasteiger charge is 2.35. The van der Waals surface area contributed by atoms with Gasteiger partial charge in [-0.15, -0.1) is 0 Å². The van der Waals surface area contributed by atoms with Crippen LogP contribution in [-0.2, 0) is 0 Å². The molecule has 0 radical (unpaired) electrons. The molecule has 1 unspecified atom stereocenters. The SMILES string of the molecule is CCN(CC)c1ccc2c(c1)OC1=C(I)C([NH3+])c3ccccc3C1=N2. The lowest BCUT2D eigenvalue weighted by Gasteiger charge is -2.29. The van der Waals surface area contributed by atoms with E-state index in [0.29, 0.717) is 0 Å². The molecule has 2 aromatic carbocycles. The summed E-state index contributed by atoms with van der Waals surface area (Å²) in [7, 11) is 0. The molecule has 2 aromatic rings. The first-order valence-corrected chi connectivity index (χ1v) is 9.69. The maximum atomic E-state index is 6.33. The summed E-state index contributed by atoms with van der Waals surface area (Å²) in [5.41, 5.74) is 9.63. The van der Waals surface area contributed by atoms with Crippen molar-refractivity contribution in [2.75, 3.05) is 18.0 Å². The van der Waals surface area contributed by atoms with Crippen molar-refractivity contribution in [2.24, 2.45) is 4.99 Å². The van der Waals surface area contributed by atoms with E-state index < -0.39 is 0 Å². The van der Waals surface area contributed by atoms with Crippen LogP contribution in [0.4, 0.5) is 11.4 Å². The van der Waals surface area contributed by atoms with Gasteiger partial charge in [-0.05, 0) is 48.6 Å². The Morgan fingerprint density at radius 3 is 2.68 bits per heavy atom.